The summed E-state index contributed by atoms with van der Waals surface area (Å²) in [6.07, 6.45) is 4.70. The van der Waals surface area contributed by atoms with Gasteiger partial charge in [-0.3, -0.25) is 9.48 Å². The number of aryl methyl sites for hydroxylation is 1. The van der Waals surface area contributed by atoms with Gasteiger partial charge in [0.1, 0.15) is 0 Å². The Balaban J connectivity index is 1.52. The number of nitrogens with one attached hydrogen (secondary N) is 1. The van der Waals surface area contributed by atoms with Crippen molar-refractivity contribution in [2.75, 3.05) is 0 Å². The molecule has 4 rings (SSSR count). The largest absolute Gasteiger partial charge is 0.351 e. The molecule has 0 aliphatic heterocycles. The van der Waals surface area contributed by atoms with Crippen molar-refractivity contribution < 1.29 is 9.32 Å². The molecule has 1 aromatic carbocycles. The van der Waals surface area contributed by atoms with Gasteiger partial charge in [-0.05, 0) is 43.9 Å². The van der Waals surface area contributed by atoms with E-state index in [0.717, 1.165) is 35.4 Å². The van der Waals surface area contributed by atoms with E-state index in [1.165, 1.54) is 5.69 Å². The Morgan fingerprint density at radius 2 is 2.19 bits per heavy atom. The number of aromatic nitrogens is 3. The lowest BCUT2D eigenvalue weighted by molar-refractivity contribution is 0.0895. The fourth-order valence-corrected chi connectivity index (χ4v) is 3.49. The highest BCUT2D eigenvalue weighted by Gasteiger charge is 2.27. The minimum atomic E-state index is -0.242. The van der Waals surface area contributed by atoms with Crippen molar-refractivity contribution in [2.24, 2.45) is 0 Å². The molecule has 2 heterocycles. The number of benzene rings is 1. The first kappa shape index (κ1) is 16.8. The highest BCUT2D eigenvalue weighted by atomic mass is 35.5. The van der Waals surface area contributed by atoms with Gasteiger partial charge in [-0.2, -0.15) is 5.10 Å². The van der Waals surface area contributed by atoms with Gasteiger partial charge in [0.05, 0.1) is 24.5 Å². The third-order valence-corrected chi connectivity index (χ3v) is 4.92. The molecule has 6 nitrogen and oxygen atoms in total. The average Bonchev–Trinajstić information content (AvgIpc) is 3.24. The van der Waals surface area contributed by atoms with Crippen LogP contribution < -0.4 is 5.32 Å². The zero-order chi connectivity index (χ0) is 18.1. The Labute approximate surface area is 156 Å². The topological polar surface area (TPSA) is 73.0 Å². The summed E-state index contributed by atoms with van der Waals surface area (Å²) in [5, 5.41) is 12.1. The standard InChI is InChI=1S/C19H19ClN4O2/c1-12-9-18(26-23-12)19(25)22-16-3-2-4-17-15(16)10-21-24(17)11-13-5-7-14(20)8-6-13/h5-10,16H,2-4,11H2,1H3,(H,22,25). The Bertz CT molecular complexity index is 929. The van der Waals surface area contributed by atoms with Crippen LogP contribution in [-0.4, -0.2) is 20.8 Å². The number of carbonyl (C=O) groups excluding carboxylic acids is 1. The summed E-state index contributed by atoms with van der Waals surface area (Å²) >= 11 is 5.95. The van der Waals surface area contributed by atoms with Gasteiger partial charge in [-0.25, -0.2) is 0 Å². The van der Waals surface area contributed by atoms with E-state index in [1.54, 1.807) is 13.0 Å². The monoisotopic (exact) mass is 370 g/mol. The molecule has 26 heavy (non-hydrogen) atoms. The second-order valence-electron chi connectivity index (χ2n) is 6.58. The van der Waals surface area contributed by atoms with Crippen LogP contribution in [0.5, 0.6) is 0 Å². The zero-order valence-electron chi connectivity index (χ0n) is 14.4. The van der Waals surface area contributed by atoms with E-state index in [1.807, 2.05) is 35.1 Å². The molecule has 0 saturated carbocycles. The van der Waals surface area contributed by atoms with Crippen LogP contribution in [0.3, 0.4) is 0 Å². The molecule has 0 fully saturated rings. The predicted octanol–water partition coefficient (Wildman–Crippen LogP) is 3.69. The van der Waals surface area contributed by atoms with Crippen LogP contribution in [0.1, 0.15) is 52.0 Å². The number of hydrogen-bond acceptors (Lipinski definition) is 4. The van der Waals surface area contributed by atoms with Crippen LogP contribution in [0.2, 0.25) is 5.02 Å². The van der Waals surface area contributed by atoms with E-state index in [-0.39, 0.29) is 17.7 Å². The Morgan fingerprint density at radius 3 is 2.92 bits per heavy atom. The number of amides is 1. The molecule has 0 bridgehead atoms. The molecule has 3 aromatic rings. The molecule has 1 unspecified atom stereocenters. The lowest BCUT2D eigenvalue weighted by atomic mass is 9.93. The summed E-state index contributed by atoms with van der Waals surface area (Å²) < 4.78 is 7.07. The van der Waals surface area contributed by atoms with Crippen molar-refractivity contribution in [1.29, 1.82) is 0 Å². The maximum Gasteiger partial charge on any atom is 0.290 e. The molecule has 1 atom stereocenters. The summed E-state index contributed by atoms with van der Waals surface area (Å²) in [4.78, 5) is 12.4. The molecule has 1 aliphatic carbocycles. The summed E-state index contributed by atoms with van der Waals surface area (Å²) in [5.41, 5.74) is 4.08. The number of carbonyl (C=O) groups is 1. The minimum Gasteiger partial charge on any atom is -0.351 e. The molecule has 0 saturated heterocycles. The maximum absolute atomic E-state index is 12.4. The molecule has 1 amide bonds. The van der Waals surface area contributed by atoms with Gasteiger partial charge in [-0.1, -0.05) is 28.9 Å². The molecule has 1 aliphatic rings. The summed E-state index contributed by atoms with van der Waals surface area (Å²) in [7, 11) is 0. The molecular weight excluding hydrogens is 352 g/mol. The van der Waals surface area contributed by atoms with Gasteiger partial charge in [0.25, 0.3) is 5.91 Å². The van der Waals surface area contributed by atoms with Gasteiger partial charge in [0, 0.05) is 22.3 Å². The first-order chi connectivity index (χ1) is 12.6. The van der Waals surface area contributed by atoms with Crippen molar-refractivity contribution in [3.63, 3.8) is 0 Å². The molecule has 1 N–H and O–H groups in total. The highest BCUT2D eigenvalue weighted by Crippen LogP contribution is 2.30. The van der Waals surface area contributed by atoms with Gasteiger partial charge in [-0.15, -0.1) is 0 Å². The van der Waals surface area contributed by atoms with Crippen LogP contribution in [0, 0.1) is 6.92 Å². The summed E-state index contributed by atoms with van der Waals surface area (Å²) in [6, 6.07) is 9.36. The van der Waals surface area contributed by atoms with Crippen molar-refractivity contribution in [2.45, 2.75) is 38.8 Å². The van der Waals surface area contributed by atoms with Gasteiger partial charge in [0.15, 0.2) is 0 Å². The number of halogens is 1. The number of nitrogens with zero attached hydrogens (tertiary/aromatic N) is 3. The minimum absolute atomic E-state index is 0.0596. The lowest BCUT2D eigenvalue weighted by Gasteiger charge is -2.23. The third-order valence-electron chi connectivity index (χ3n) is 4.67. The Morgan fingerprint density at radius 1 is 1.38 bits per heavy atom. The van der Waals surface area contributed by atoms with E-state index < -0.39 is 0 Å². The second-order valence-corrected chi connectivity index (χ2v) is 7.02. The van der Waals surface area contributed by atoms with Gasteiger partial charge >= 0.3 is 0 Å². The average molecular weight is 371 g/mol. The molecule has 7 heteroatoms. The lowest BCUT2D eigenvalue weighted by Crippen LogP contribution is -2.30. The van der Waals surface area contributed by atoms with Crippen molar-refractivity contribution in [3.05, 3.63) is 69.8 Å². The smallest absolute Gasteiger partial charge is 0.290 e. The molecule has 0 spiro atoms. The van der Waals surface area contributed by atoms with Crippen LogP contribution in [-0.2, 0) is 13.0 Å². The fourth-order valence-electron chi connectivity index (χ4n) is 3.37. The summed E-state index contributed by atoms with van der Waals surface area (Å²) in [5.74, 6) is -0.00270. The van der Waals surface area contributed by atoms with E-state index in [2.05, 4.69) is 15.6 Å². The van der Waals surface area contributed by atoms with Crippen molar-refractivity contribution in [1.82, 2.24) is 20.3 Å². The highest BCUT2D eigenvalue weighted by molar-refractivity contribution is 6.30. The number of rotatable bonds is 4. The van der Waals surface area contributed by atoms with Crippen LogP contribution in [0.4, 0.5) is 0 Å². The number of fused-ring (bicyclic) bond motifs is 1. The van der Waals surface area contributed by atoms with E-state index in [9.17, 15) is 4.79 Å². The second kappa shape index (κ2) is 6.96. The normalized spacial score (nSPS) is 16.3. The van der Waals surface area contributed by atoms with Crippen molar-refractivity contribution in [3.8, 4) is 0 Å². The van der Waals surface area contributed by atoms with Crippen LogP contribution >= 0.6 is 11.6 Å². The Hall–Kier alpha value is -2.60. The van der Waals surface area contributed by atoms with E-state index in [0.29, 0.717) is 12.2 Å². The predicted molar refractivity (Wildman–Crippen MR) is 97.2 cm³/mol. The van der Waals surface area contributed by atoms with Gasteiger partial charge in [0.2, 0.25) is 5.76 Å². The molecular formula is C19H19ClN4O2. The first-order valence-electron chi connectivity index (χ1n) is 8.63. The molecule has 2 aromatic heterocycles. The SMILES string of the molecule is Cc1cc(C(=O)NC2CCCc3c2cnn3Cc2ccc(Cl)cc2)on1. The quantitative estimate of drug-likeness (QED) is 0.760. The van der Waals surface area contributed by atoms with Gasteiger partial charge < -0.3 is 9.84 Å². The van der Waals surface area contributed by atoms with Crippen molar-refractivity contribution >= 4 is 17.5 Å². The molecule has 0 radical (unpaired) electrons. The van der Waals surface area contributed by atoms with E-state index >= 15 is 0 Å². The third kappa shape index (κ3) is 3.37. The zero-order valence-corrected chi connectivity index (χ0v) is 15.2. The Kier molecular flexibility index (Phi) is 4.51. The first-order valence-corrected chi connectivity index (χ1v) is 9.01. The molecule has 134 valence electrons. The van der Waals surface area contributed by atoms with E-state index in [4.69, 9.17) is 16.1 Å². The van der Waals surface area contributed by atoms with Crippen LogP contribution in [0.25, 0.3) is 0 Å². The number of hydrogen-bond donors (Lipinski definition) is 1. The fraction of sp³-hybridized carbons (Fsp3) is 0.316. The summed E-state index contributed by atoms with van der Waals surface area (Å²) in [6.45, 7) is 2.48. The van der Waals surface area contributed by atoms with Crippen LogP contribution in [0.15, 0.2) is 41.1 Å². The maximum atomic E-state index is 12.4.